The molecule has 1 heterocycles. The van der Waals surface area contributed by atoms with Crippen molar-refractivity contribution in [1.29, 1.82) is 0 Å². The zero-order chi connectivity index (χ0) is 19.6. The van der Waals surface area contributed by atoms with Gasteiger partial charge < -0.3 is 10.6 Å². The number of fused-ring (bicyclic) bond motifs is 1. The van der Waals surface area contributed by atoms with Gasteiger partial charge in [0.25, 0.3) is 0 Å². The van der Waals surface area contributed by atoms with E-state index >= 15 is 0 Å². The van der Waals surface area contributed by atoms with Crippen molar-refractivity contribution in [1.82, 2.24) is 0 Å². The molecule has 2 amide bonds. The van der Waals surface area contributed by atoms with Gasteiger partial charge in [-0.2, -0.15) is 13.2 Å². The molecule has 2 N–H and O–H groups in total. The summed E-state index contributed by atoms with van der Waals surface area (Å²) in [5.74, 6) is -0.801. The number of hydrogen-bond acceptors (Lipinski definition) is 3. The Morgan fingerprint density at radius 1 is 1.22 bits per heavy atom. The molecule has 0 spiro atoms. The molecule has 1 aliphatic heterocycles. The van der Waals surface area contributed by atoms with E-state index in [1.807, 2.05) is 25.1 Å². The van der Waals surface area contributed by atoms with Crippen LogP contribution < -0.4 is 10.6 Å². The first-order valence-corrected chi connectivity index (χ1v) is 9.22. The topological polar surface area (TPSA) is 58.2 Å². The van der Waals surface area contributed by atoms with Crippen LogP contribution in [0.2, 0.25) is 0 Å². The Kier molecular flexibility index (Phi) is 5.46. The number of halogens is 3. The van der Waals surface area contributed by atoms with Gasteiger partial charge in [0.15, 0.2) is 0 Å². The van der Waals surface area contributed by atoms with Gasteiger partial charge in [-0.3, -0.25) is 9.59 Å². The lowest BCUT2D eigenvalue weighted by Gasteiger charge is -2.24. The van der Waals surface area contributed by atoms with Gasteiger partial charge in [0.05, 0.1) is 16.5 Å². The van der Waals surface area contributed by atoms with Crippen molar-refractivity contribution < 1.29 is 22.8 Å². The molecule has 0 saturated carbocycles. The minimum atomic E-state index is -4.48. The average molecular weight is 394 g/mol. The van der Waals surface area contributed by atoms with Crippen molar-refractivity contribution in [2.24, 2.45) is 0 Å². The van der Waals surface area contributed by atoms with Crippen LogP contribution >= 0.6 is 11.8 Å². The summed E-state index contributed by atoms with van der Waals surface area (Å²) in [5, 5.41) is 4.57. The van der Waals surface area contributed by atoms with Gasteiger partial charge in [0, 0.05) is 17.0 Å². The first-order chi connectivity index (χ1) is 12.8. The van der Waals surface area contributed by atoms with Crippen LogP contribution in [-0.4, -0.2) is 17.1 Å². The molecule has 3 rings (SSSR count). The molecule has 2 aromatic rings. The Morgan fingerprint density at radius 2 is 1.96 bits per heavy atom. The van der Waals surface area contributed by atoms with Gasteiger partial charge >= 0.3 is 6.18 Å². The Hall–Kier alpha value is -2.48. The van der Waals surface area contributed by atoms with E-state index < -0.39 is 22.9 Å². The van der Waals surface area contributed by atoms with Crippen LogP contribution in [0.15, 0.2) is 47.4 Å². The molecule has 1 atom stereocenters. The predicted octanol–water partition coefficient (Wildman–Crippen LogP) is 4.71. The minimum absolute atomic E-state index is 0.0744. The summed E-state index contributed by atoms with van der Waals surface area (Å²) in [6, 6.07) is 10.6. The number of para-hydroxylation sites is 1. The molecule has 0 aliphatic carbocycles. The highest BCUT2D eigenvalue weighted by Crippen LogP contribution is 2.40. The molecule has 4 nitrogen and oxygen atoms in total. The van der Waals surface area contributed by atoms with Gasteiger partial charge in [-0.15, -0.1) is 11.8 Å². The molecule has 0 radical (unpaired) electrons. The van der Waals surface area contributed by atoms with Crippen LogP contribution in [0.3, 0.4) is 0 Å². The lowest BCUT2D eigenvalue weighted by Crippen LogP contribution is -2.32. The number of anilines is 2. The van der Waals surface area contributed by atoms with Crippen molar-refractivity contribution in [2.75, 3.05) is 10.6 Å². The number of nitrogens with one attached hydrogen (secondary N) is 2. The molecule has 8 heteroatoms. The van der Waals surface area contributed by atoms with Crippen molar-refractivity contribution >= 4 is 35.0 Å². The molecule has 0 aromatic heterocycles. The monoisotopic (exact) mass is 394 g/mol. The standard InChI is InChI=1S/C19H17F3N2O2S/c1-2-11-5-3-4-6-13(11)23-17(25)10-16-18(26)24-14-9-12(19(20,21)22)7-8-15(14)27-16/h3-9,16H,2,10H2,1H3,(H,23,25)(H,24,26)/t16-/m0/s1. The first kappa shape index (κ1) is 19.3. The van der Waals surface area contributed by atoms with E-state index in [4.69, 9.17) is 0 Å². The highest BCUT2D eigenvalue weighted by Gasteiger charge is 2.34. The van der Waals surface area contributed by atoms with E-state index in [1.54, 1.807) is 6.07 Å². The number of alkyl halides is 3. The largest absolute Gasteiger partial charge is 0.416 e. The zero-order valence-electron chi connectivity index (χ0n) is 14.4. The molecule has 0 bridgehead atoms. The molecule has 142 valence electrons. The van der Waals surface area contributed by atoms with Crippen molar-refractivity contribution in [2.45, 2.75) is 36.1 Å². The summed E-state index contributed by atoms with van der Waals surface area (Å²) in [4.78, 5) is 25.1. The number of carbonyl (C=O) groups excluding carboxylic acids is 2. The molecule has 0 fully saturated rings. The maximum absolute atomic E-state index is 12.8. The van der Waals surface area contributed by atoms with E-state index in [0.717, 1.165) is 35.9 Å². The molecular formula is C19H17F3N2O2S. The third-order valence-corrected chi connectivity index (χ3v) is 5.44. The second-order valence-electron chi connectivity index (χ2n) is 6.07. The maximum Gasteiger partial charge on any atom is 0.416 e. The Morgan fingerprint density at radius 3 is 2.67 bits per heavy atom. The fourth-order valence-electron chi connectivity index (χ4n) is 2.78. The molecule has 2 aromatic carbocycles. The molecule has 27 heavy (non-hydrogen) atoms. The second kappa shape index (κ2) is 7.64. The Bertz CT molecular complexity index is 883. The van der Waals surface area contributed by atoms with Gasteiger partial charge in [0.1, 0.15) is 0 Å². The van der Waals surface area contributed by atoms with E-state index in [9.17, 15) is 22.8 Å². The van der Waals surface area contributed by atoms with E-state index in [0.29, 0.717) is 10.6 Å². The number of hydrogen-bond donors (Lipinski definition) is 2. The number of aryl methyl sites for hydroxylation is 1. The van der Waals surface area contributed by atoms with E-state index in [1.165, 1.54) is 6.07 Å². The summed E-state index contributed by atoms with van der Waals surface area (Å²) in [7, 11) is 0. The van der Waals surface area contributed by atoms with Gasteiger partial charge in [0.2, 0.25) is 11.8 Å². The Labute approximate surface area is 158 Å². The second-order valence-corrected chi connectivity index (χ2v) is 7.31. The predicted molar refractivity (Wildman–Crippen MR) is 98.8 cm³/mol. The number of carbonyl (C=O) groups is 2. The lowest BCUT2D eigenvalue weighted by atomic mass is 10.1. The summed E-state index contributed by atoms with van der Waals surface area (Å²) in [6.07, 6.45) is -3.80. The van der Waals surface area contributed by atoms with Gasteiger partial charge in [-0.25, -0.2) is 0 Å². The third-order valence-electron chi connectivity index (χ3n) is 4.17. The van der Waals surface area contributed by atoms with Crippen molar-refractivity contribution in [3.8, 4) is 0 Å². The van der Waals surface area contributed by atoms with E-state index in [-0.39, 0.29) is 18.0 Å². The van der Waals surface area contributed by atoms with Crippen LogP contribution in [0.25, 0.3) is 0 Å². The highest BCUT2D eigenvalue weighted by molar-refractivity contribution is 8.01. The quantitative estimate of drug-likeness (QED) is 0.790. The summed E-state index contributed by atoms with van der Waals surface area (Å²) in [5.41, 5.74) is 0.973. The molecule has 0 saturated heterocycles. The van der Waals surface area contributed by atoms with Crippen molar-refractivity contribution in [3.05, 3.63) is 53.6 Å². The fraction of sp³-hybridized carbons (Fsp3) is 0.263. The maximum atomic E-state index is 12.8. The summed E-state index contributed by atoms with van der Waals surface area (Å²) >= 11 is 1.09. The number of rotatable bonds is 4. The zero-order valence-corrected chi connectivity index (χ0v) is 15.2. The van der Waals surface area contributed by atoms with Crippen LogP contribution in [-0.2, 0) is 22.2 Å². The van der Waals surface area contributed by atoms with E-state index in [2.05, 4.69) is 10.6 Å². The lowest BCUT2D eigenvalue weighted by molar-refractivity contribution is -0.137. The first-order valence-electron chi connectivity index (χ1n) is 8.34. The minimum Gasteiger partial charge on any atom is -0.326 e. The van der Waals surface area contributed by atoms with Crippen LogP contribution in [0.4, 0.5) is 24.5 Å². The van der Waals surface area contributed by atoms with Crippen LogP contribution in [0.5, 0.6) is 0 Å². The fourth-order valence-corrected chi connectivity index (χ4v) is 3.87. The number of benzene rings is 2. The smallest absolute Gasteiger partial charge is 0.326 e. The van der Waals surface area contributed by atoms with Gasteiger partial charge in [-0.1, -0.05) is 25.1 Å². The highest BCUT2D eigenvalue weighted by atomic mass is 32.2. The molecule has 0 unspecified atom stereocenters. The summed E-state index contributed by atoms with van der Waals surface area (Å²) in [6.45, 7) is 1.97. The molecule has 1 aliphatic rings. The average Bonchev–Trinajstić information content (AvgIpc) is 2.61. The van der Waals surface area contributed by atoms with Gasteiger partial charge in [-0.05, 0) is 36.2 Å². The number of thioether (sulfide) groups is 1. The van der Waals surface area contributed by atoms with Crippen molar-refractivity contribution in [3.63, 3.8) is 0 Å². The SMILES string of the molecule is CCc1ccccc1NC(=O)C[C@@H]1Sc2ccc(C(F)(F)F)cc2NC1=O. The van der Waals surface area contributed by atoms with Crippen LogP contribution in [0.1, 0.15) is 24.5 Å². The normalized spacial score (nSPS) is 16.4. The number of amides is 2. The van der Waals surface area contributed by atoms with Crippen LogP contribution in [0, 0.1) is 0 Å². The Balaban J connectivity index is 1.70. The third kappa shape index (κ3) is 4.44. The molecular weight excluding hydrogens is 377 g/mol. The summed E-state index contributed by atoms with van der Waals surface area (Å²) < 4.78 is 38.4.